The summed E-state index contributed by atoms with van der Waals surface area (Å²) in [6, 6.07) is 12.6. The lowest BCUT2D eigenvalue weighted by Crippen LogP contribution is -2.34. The number of halogens is 1. The Morgan fingerprint density at radius 2 is 2.03 bits per heavy atom. The van der Waals surface area contributed by atoms with E-state index in [1.54, 1.807) is 23.1 Å². The van der Waals surface area contributed by atoms with E-state index in [0.29, 0.717) is 41.1 Å². The number of anilines is 1. The Bertz CT molecular complexity index is 1210. The molecule has 31 heavy (non-hydrogen) atoms. The number of hydrogen-bond acceptors (Lipinski definition) is 4. The zero-order chi connectivity index (χ0) is 22.0. The first kappa shape index (κ1) is 21.1. The number of carbonyl (C=O) groups excluding carboxylic acids is 2. The fourth-order valence-corrected chi connectivity index (χ4v) is 4.06. The number of para-hydroxylation sites is 1. The second kappa shape index (κ2) is 8.89. The van der Waals surface area contributed by atoms with Crippen molar-refractivity contribution in [2.45, 2.75) is 32.7 Å². The topological polar surface area (TPSA) is 95.2 Å². The third kappa shape index (κ3) is 4.61. The molecule has 1 atom stereocenters. The second-order valence-electron chi connectivity index (χ2n) is 7.67. The van der Waals surface area contributed by atoms with Gasteiger partial charge in [-0.25, -0.2) is 4.98 Å². The minimum atomic E-state index is -0.266. The summed E-state index contributed by atoms with van der Waals surface area (Å²) in [5, 5.41) is 3.86. The van der Waals surface area contributed by atoms with Crippen molar-refractivity contribution in [3.05, 3.63) is 69.2 Å². The van der Waals surface area contributed by atoms with Crippen LogP contribution in [-0.4, -0.2) is 33.2 Å². The molecular formula is C23H23ClN4O3. The van der Waals surface area contributed by atoms with Crippen molar-refractivity contribution in [2.24, 2.45) is 5.92 Å². The number of carbonyl (C=O) groups is 2. The van der Waals surface area contributed by atoms with Crippen LogP contribution in [0.25, 0.3) is 10.9 Å². The van der Waals surface area contributed by atoms with Crippen LogP contribution in [0.1, 0.15) is 31.2 Å². The molecule has 2 heterocycles. The van der Waals surface area contributed by atoms with Gasteiger partial charge in [0.2, 0.25) is 11.8 Å². The number of nitrogens with one attached hydrogen (secondary N) is 2. The maximum atomic E-state index is 12.8. The van der Waals surface area contributed by atoms with E-state index < -0.39 is 0 Å². The third-order valence-corrected chi connectivity index (χ3v) is 5.85. The molecule has 2 aromatic carbocycles. The first-order chi connectivity index (χ1) is 14.9. The van der Waals surface area contributed by atoms with Gasteiger partial charge in [0.05, 0.1) is 17.4 Å². The van der Waals surface area contributed by atoms with Crippen molar-refractivity contribution >= 4 is 40.0 Å². The summed E-state index contributed by atoms with van der Waals surface area (Å²) < 4.78 is 0. The average Bonchev–Trinajstić information content (AvgIpc) is 2.75. The highest BCUT2D eigenvalue weighted by Gasteiger charge is 2.27. The maximum absolute atomic E-state index is 12.8. The van der Waals surface area contributed by atoms with E-state index in [0.717, 1.165) is 11.3 Å². The van der Waals surface area contributed by atoms with Gasteiger partial charge >= 0.3 is 0 Å². The lowest BCUT2D eigenvalue weighted by Gasteiger charge is -2.26. The summed E-state index contributed by atoms with van der Waals surface area (Å²) >= 11 is 6.02. The molecule has 8 heteroatoms. The lowest BCUT2D eigenvalue weighted by atomic mass is 9.89. The molecule has 160 valence electrons. The van der Waals surface area contributed by atoms with Crippen LogP contribution < -0.4 is 10.9 Å². The molecule has 0 aliphatic carbocycles. The van der Waals surface area contributed by atoms with E-state index in [2.05, 4.69) is 15.3 Å². The third-order valence-electron chi connectivity index (χ3n) is 5.61. The number of benzene rings is 2. The molecule has 0 saturated heterocycles. The summed E-state index contributed by atoms with van der Waals surface area (Å²) in [5.41, 5.74) is 2.16. The van der Waals surface area contributed by atoms with Gasteiger partial charge in [0.15, 0.2) is 0 Å². The lowest BCUT2D eigenvalue weighted by molar-refractivity contribution is -0.132. The largest absolute Gasteiger partial charge is 0.336 e. The number of hydrogen-bond donors (Lipinski definition) is 2. The number of amides is 2. The highest BCUT2D eigenvalue weighted by molar-refractivity contribution is 6.31. The first-order valence-corrected chi connectivity index (χ1v) is 10.7. The molecule has 1 aliphatic heterocycles. The molecule has 0 spiro atoms. The molecule has 0 bridgehead atoms. The van der Waals surface area contributed by atoms with Crippen molar-refractivity contribution in [2.75, 3.05) is 11.9 Å². The van der Waals surface area contributed by atoms with Crippen LogP contribution in [0.15, 0.2) is 47.3 Å². The van der Waals surface area contributed by atoms with Gasteiger partial charge in [-0.2, -0.15) is 0 Å². The predicted octanol–water partition coefficient (Wildman–Crippen LogP) is 3.52. The van der Waals surface area contributed by atoms with E-state index in [4.69, 9.17) is 11.6 Å². The SMILES string of the molecule is CCN(Cc1nc2cc(Cl)ccc2c(=O)[nH]1)C(=O)CC[C@@H]1Cc2ccccc2NC1=O. The van der Waals surface area contributed by atoms with Crippen LogP contribution in [0.4, 0.5) is 5.69 Å². The number of H-pyrrole nitrogens is 1. The van der Waals surface area contributed by atoms with Gasteiger partial charge in [-0.05, 0) is 49.6 Å². The van der Waals surface area contributed by atoms with Crippen LogP contribution >= 0.6 is 11.6 Å². The number of fused-ring (bicyclic) bond motifs is 2. The normalized spacial score (nSPS) is 15.4. The van der Waals surface area contributed by atoms with Gasteiger partial charge in [0.25, 0.3) is 5.56 Å². The average molecular weight is 439 g/mol. The Balaban J connectivity index is 1.43. The van der Waals surface area contributed by atoms with Crippen LogP contribution in [0.3, 0.4) is 0 Å². The summed E-state index contributed by atoms with van der Waals surface area (Å²) in [5.74, 6) is 0.0348. The van der Waals surface area contributed by atoms with Gasteiger partial charge < -0.3 is 15.2 Å². The van der Waals surface area contributed by atoms with Gasteiger partial charge in [-0.15, -0.1) is 0 Å². The van der Waals surface area contributed by atoms with E-state index in [1.807, 2.05) is 31.2 Å². The zero-order valence-corrected chi connectivity index (χ0v) is 17.9. The van der Waals surface area contributed by atoms with Crippen LogP contribution in [0.2, 0.25) is 5.02 Å². The highest BCUT2D eigenvalue weighted by atomic mass is 35.5. The van der Waals surface area contributed by atoms with Gasteiger partial charge in [0.1, 0.15) is 5.82 Å². The molecule has 7 nitrogen and oxygen atoms in total. The fraction of sp³-hybridized carbons (Fsp3) is 0.304. The second-order valence-corrected chi connectivity index (χ2v) is 8.10. The maximum Gasteiger partial charge on any atom is 0.258 e. The minimum absolute atomic E-state index is 0.0491. The molecule has 4 rings (SSSR count). The molecule has 1 aromatic heterocycles. The smallest absolute Gasteiger partial charge is 0.258 e. The van der Waals surface area contributed by atoms with Crippen molar-refractivity contribution in [1.82, 2.24) is 14.9 Å². The summed E-state index contributed by atoms with van der Waals surface area (Å²) in [7, 11) is 0. The Morgan fingerprint density at radius 1 is 1.23 bits per heavy atom. The van der Waals surface area contributed by atoms with E-state index in [9.17, 15) is 14.4 Å². The first-order valence-electron chi connectivity index (χ1n) is 10.3. The molecule has 2 N–H and O–H groups in total. The fourth-order valence-electron chi connectivity index (χ4n) is 3.90. The van der Waals surface area contributed by atoms with E-state index in [-0.39, 0.29) is 36.3 Å². The van der Waals surface area contributed by atoms with E-state index in [1.165, 1.54) is 0 Å². The number of aromatic amines is 1. The molecule has 1 aliphatic rings. The van der Waals surface area contributed by atoms with Gasteiger partial charge in [-0.3, -0.25) is 14.4 Å². The number of rotatable bonds is 6. The molecule has 3 aromatic rings. The number of aromatic nitrogens is 2. The highest BCUT2D eigenvalue weighted by Crippen LogP contribution is 2.27. The summed E-state index contributed by atoms with van der Waals surface area (Å²) in [6.07, 6.45) is 1.34. The Hall–Kier alpha value is -3.19. The van der Waals surface area contributed by atoms with Crippen molar-refractivity contribution in [3.63, 3.8) is 0 Å². The molecule has 2 amide bonds. The van der Waals surface area contributed by atoms with Crippen LogP contribution in [0.5, 0.6) is 0 Å². The molecule has 0 unspecified atom stereocenters. The van der Waals surface area contributed by atoms with Crippen molar-refractivity contribution in [3.8, 4) is 0 Å². The van der Waals surface area contributed by atoms with Crippen LogP contribution in [0, 0.1) is 5.92 Å². The Kier molecular flexibility index (Phi) is 6.04. The van der Waals surface area contributed by atoms with Crippen LogP contribution in [-0.2, 0) is 22.6 Å². The van der Waals surface area contributed by atoms with E-state index >= 15 is 0 Å². The zero-order valence-electron chi connectivity index (χ0n) is 17.2. The Morgan fingerprint density at radius 3 is 2.84 bits per heavy atom. The minimum Gasteiger partial charge on any atom is -0.336 e. The van der Waals surface area contributed by atoms with Crippen molar-refractivity contribution in [1.29, 1.82) is 0 Å². The standard InChI is InChI=1S/C23H23ClN4O3/c1-2-28(13-20-25-19-12-16(24)8-9-17(19)23(31)27-20)21(29)10-7-15-11-14-5-3-4-6-18(14)26-22(15)30/h3-6,8-9,12,15H,2,7,10-11,13H2,1H3,(H,26,30)(H,25,27,31)/t15-/m1/s1. The molecule has 0 saturated carbocycles. The summed E-state index contributed by atoms with van der Waals surface area (Å²) in [6.45, 7) is 2.53. The monoisotopic (exact) mass is 438 g/mol. The Labute approximate surface area is 184 Å². The van der Waals surface area contributed by atoms with Gasteiger partial charge in [-0.1, -0.05) is 29.8 Å². The number of nitrogens with zero attached hydrogens (tertiary/aromatic N) is 2. The predicted molar refractivity (Wildman–Crippen MR) is 120 cm³/mol. The summed E-state index contributed by atoms with van der Waals surface area (Å²) in [4.78, 5) is 46.4. The van der Waals surface area contributed by atoms with Crippen molar-refractivity contribution < 1.29 is 9.59 Å². The molecule has 0 fully saturated rings. The molecular weight excluding hydrogens is 416 g/mol. The van der Waals surface area contributed by atoms with Gasteiger partial charge in [0, 0.05) is 29.6 Å². The quantitative estimate of drug-likeness (QED) is 0.615. The molecule has 0 radical (unpaired) electrons.